The molecule has 0 fully saturated rings. The summed E-state index contributed by atoms with van der Waals surface area (Å²) in [7, 11) is 3.12. The summed E-state index contributed by atoms with van der Waals surface area (Å²) in [6, 6.07) is 11.8. The Bertz CT molecular complexity index is 789. The summed E-state index contributed by atoms with van der Waals surface area (Å²) in [5, 5.41) is 0. The molecule has 0 saturated heterocycles. The molecule has 0 unspecified atom stereocenters. The van der Waals surface area contributed by atoms with Crippen LogP contribution in [0.25, 0.3) is 0 Å². The number of methoxy groups -OCH3 is 2. The van der Waals surface area contributed by atoms with Gasteiger partial charge in [-0.2, -0.15) is 0 Å². The van der Waals surface area contributed by atoms with Gasteiger partial charge in [0.25, 0.3) is 5.91 Å². The summed E-state index contributed by atoms with van der Waals surface area (Å²) in [6.45, 7) is 2.38. The summed E-state index contributed by atoms with van der Waals surface area (Å²) in [6.07, 6.45) is 0. The van der Waals surface area contributed by atoms with Crippen LogP contribution in [0.1, 0.15) is 22.8 Å². The van der Waals surface area contributed by atoms with Crippen LogP contribution < -0.4 is 15.2 Å². The van der Waals surface area contributed by atoms with Gasteiger partial charge >= 0.3 is 5.97 Å². The first-order chi connectivity index (χ1) is 13.0. The van der Waals surface area contributed by atoms with Crippen LogP contribution in [-0.2, 0) is 16.1 Å². The first kappa shape index (κ1) is 20.1. The monoisotopic (exact) mass is 372 g/mol. The van der Waals surface area contributed by atoms with Gasteiger partial charge in [-0.25, -0.2) is 4.79 Å². The highest BCUT2D eigenvalue weighted by molar-refractivity contribution is 5.91. The predicted molar refractivity (Wildman–Crippen MR) is 102 cm³/mol. The van der Waals surface area contributed by atoms with E-state index in [1.54, 1.807) is 49.5 Å². The van der Waals surface area contributed by atoms with Gasteiger partial charge in [0, 0.05) is 18.8 Å². The van der Waals surface area contributed by atoms with E-state index in [1.807, 2.05) is 19.1 Å². The number of nitrogens with two attached hydrogens (primary N) is 1. The molecule has 7 nitrogen and oxygen atoms in total. The fourth-order valence-electron chi connectivity index (χ4n) is 2.50. The lowest BCUT2D eigenvalue weighted by Crippen LogP contribution is -2.34. The molecule has 0 aromatic heterocycles. The number of rotatable bonds is 8. The Labute approximate surface area is 158 Å². The number of nitrogens with zero attached hydrogens (tertiary/aromatic N) is 1. The van der Waals surface area contributed by atoms with Gasteiger partial charge in [-0.15, -0.1) is 0 Å². The fourth-order valence-corrected chi connectivity index (χ4v) is 2.50. The number of benzene rings is 2. The van der Waals surface area contributed by atoms with Crippen molar-refractivity contribution < 1.29 is 23.8 Å². The Kier molecular flexibility index (Phi) is 7.05. The minimum Gasteiger partial charge on any atom is -0.493 e. The van der Waals surface area contributed by atoms with Gasteiger partial charge in [0.15, 0.2) is 18.1 Å². The number of likely N-dealkylation sites (N-methyl/N-ethyl adjacent to an activating group) is 1. The largest absolute Gasteiger partial charge is 0.493 e. The van der Waals surface area contributed by atoms with E-state index >= 15 is 0 Å². The Morgan fingerprint density at radius 3 is 2.26 bits per heavy atom. The van der Waals surface area contributed by atoms with Gasteiger partial charge < -0.3 is 24.8 Å². The Morgan fingerprint density at radius 2 is 1.67 bits per heavy atom. The van der Waals surface area contributed by atoms with E-state index in [4.69, 9.17) is 19.9 Å². The molecule has 144 valence electrons. The first-order valence-corrected chi connectivity index (χ1v) is 8.49. The van der Waals surface area contributed by atoms with Crippen LogP contribution in [0.3, 0.4) is 0 Å². The standard InChI is InChI=1S/C20H24N2O5/c1-4-22(12-14-5-10-17(25-2)18(11-14)26-3)19(23)13-27-20(24)15-6-8-16(21)9-7-15/h5-11H,4,12-13,21H2,1-3H3. The number of ether oxygens (including phenoxy) is 3. The van der Waals surface area contributed by atoms with Crippen LogP contribution >= 0.6 is 0 Å². The summed E-state index contributed by atoms with van der Waals surface area (Å²) >= 11 is 0. The summed E-state index contributed by atoms with van der Waals surface area (Å²) in [5.41, 5.74) is 7.37. The zero-order chi connectivity index (χ0) is 19.8. The van der Waals surface area contributed by atoms with Crippen LogP contribution in [-0.4, -0.2) is 44.1 Å². The number of amides is 1. The number of hydrogen-bond donors (Lipinski definition) is 1. The van der Waals surface area contributed by atoms with Gasteiger partial charge in [-0.05, 0) is 48.9 Å². The second-order valence-electron chi connectivity index (χ2n) is 5.80. The van der Waals surface area contributed by atoms with Crippen molar-refractivity contribution in [1.29, 1.82) is 0 Å². The summed E-state index contributed by atoms with van der Waals surface area (Å²) < 4.78 is 15.6. The van der Waals surface area contributed by atoms with E-state index in [-0.39, 0.29) is 12.5 Å². The van der Waals surface area contributed by atoms with Crippen LogP contribution in [0.4, 0.5) is 5.69 Å². The Morgan fingerprint density at radius 1 is 1.00 bits per heavy atom. The van der Waals surface area contributed by atoms with Crippen molar-refractivity contribution in [1.82, 2.24) is 4.90 Å². The highest BCUT2D eigenvalue weighted by Crippen LogP contribution is 2.28. The minimum atomic E-state index is -0.564. The first-order valence-electron chi connectivity index (χ1n) is 8.49. The predicted octanol–water partition coefficient (Wildman–Crippen LogP) is 2.49. The average molecular weight is 372 g/mol. The van der Waals surface area contributed by atoms with E-state index in [0.717, 1.165) is 5.56 Å². The van der Waals surface area contributed by atoms with Gasteiger partial charge in [0.05, 0.1) is 19.8 Å². The molecule has 0 aliphatic heterocycles. The maximum atomic E-state index is 12.4. The molecule has 0 aliphatic rings. The van der Waals surface area contributed by atoms with E-state index in [2.05, 4.69) is 0 Å². The van der Waals surface area contributed by atoms with Crippen molar-refractivity contribution in [3.05, 3.63) is 53.6 Å². The Hall–Kier alpha value is -3.22. The smallest absolute Gasteiger partial charge is 0.338 e. The van der Waals surface area contributed by atoms with Crippen molar-refractivity contribution in [3.63, 3.8) is 0 Å². The van der Waals surface area contributed by atoms with Gasteiger partial charge in [0.2, 0.25) is 0 Å². The number of carbonyl (C=O) groups excluding carboxylic acids is 2. The van der Waals surface area contributed by atoms with Crippen LogP contribution in [0.5, 0.6) is 11.5 Å². The van der Waals surface area contributed by atoms with E-state index in [1.165, 1.54) is 0 Å². The maximum absolute atomic E-state index is 12.4. The van der Waals surface area contributed by atoms with Crippen molar-refractivity contribution >= 4 is 17.6 Å². The summed E-state index contributed by atoms with van der Waals surface area (Å²) in [5.74, 6) is 0.364. The molecule has 2 aromatic rings. The zero-order valence-electron chi connectivity index (χ0n) is 15.7. The van der Waals surface area contributed by atoms with E-state index in [9.17, 15) is 9.59 Å². The number of hydrogen-bond acceptors (Lipinski definition) is 6. The molecule has 0 aliphatic carbocycles. The number of carbonyl (C=O) groups is 2. The molecule has 1 amide bonds. The molecule has 0 heterocycles. The topological polar surface area (TPSA) is 91.1 Å². The summed E-state index contributed by atoms with van der Waals surface area (Å²) in [4.78, 5) is 26.0. The second kappa shape index (κ2) is 9.47. The molecule has 0 saturated carbocycles. The molecule has 7 heteroatoms. The number of anilines is 1. The van der Waals surface area contributed by atoms with E-state index < -0.39 is 5.97 Å². The number of esters is 1. The third-order valence-electron chi connectivity index (χ3n) is 4.03. The highest BCUT2D eigenvalue weighted by atomic mass is 16.5. The van der Waals surface area contributed by atoms with Crippen molar-refractivity contribution in [2.75, 3.05) is 33.1 Å². The van der Waals surface area contributed by atoms with Gasteiger partial charge in [0.1, 0.15) is 0 Å². The highest BCUT2D eigenvalue weighted by Gasteiger charge is 2.16. The molecule has 0 atom stereocenters. The number of nitrogen functional groups attached to an aromatic ring is 1. The molecule has 0 spiro atoms. The second-order valence-corrected chi connectivity index (χ2v) is 5.80. The van der Waals surface area contributed by atoms with Crippen molar-refractivity contribution in [2.45, 2.75) is 13.5 Å². The molecule has 2 N–H and O–H groups in total. The quantitative estimate of drug-likeness (QED) is 0.565. The van der Waals surface area contributed by atoms with Crippen LogP contribution in [0.2, 0.25) is 0 Å². The molecular formula is C20H24N2O5. The fraction of sp³-hybridized carbons (Fsp3) is 0.300. The third kappa shape index (κ3) is 5.37. The minimum absolute atomic E-state index is 0.281. The zero-order valence-corrected chi connectivity index (χ0v) is 15.7. The SMILES string of the molecule is CCN(Cc1ccc(OC)c(OC)c1)C(=O)COC(=O)c1ccc(N)cc1. The lowest BCUT2D eigenvalue weighted by molar-refractivity contribution is -0.134. The molecule has 0 radical (unpaired) electrons. The normalized spacial score (nSPS) is 10.2. The van der Waals surface area contributed by atoms with Gasteiger partial charge in [-0.1, -0.05) is 6.07 Å². The Balaban J connectivity index is 1.97. The molecular weight excluding hydrogens is 348 g/mol. The molecule has 0 bridgehead atoms. The van der Waals surface area contributed by atoms with Crippen LogP contribution in [0.15, 0.2) is 42.5 Å². The lowest BCUT2D eigenvalue weighted by atomic mass is 10.2. The lowest BCUT2D eigenvalue weighted by Gasteiger charge is -2.21. The third-order valence-corrected chi connectivity index (χ3v) is 4.03. The van der Waals surface area contributed by atoms with Crippen molar-refractivity contribution in [3.8, 4) is 11.5 Å². The maximum Gasteiger partial charge on any atom is 0.338 e. The van der Waals surface area contributed by atoms with Crippen LogP contribution in [0, 0.1) is 0 Å². The van der Waals surface area contributed by atoms with Gasteiger partial charge in [-0.3, -0.25) is 4.79 Å². The van der Waals surface area contributed by atoms with E-state index in [0.29, 0.717) is 35.8 Å². The average Bonchev–Trinajstić information content (AvgIpc) is 2.70. The molecule has 27 heavy (non-hydrogen) atoms. The molecule has 2 rings (SSSR count). The molecule has 2 aromatic carbocycles. The van der Waals surface area contributed by atoms with Crippen molar-refractivity contribution in [2.24, 2.45) is 0 Å².